The summed E-state index contributed by atoms with van der Waals surface area (Å²) in [6.45, 7) is 4.29. The average molecular weight is 327 g/mol. The van der Waals surface area contributed by atoms with E-state index in [-0.39, 0.29) is 18.4 Å². The largest absolute Gasteiger partial charge is 0.492 e. The highest BCUT2D eigenvalue weighted by Gasteiger charge is 2.24. The Balaban J connectivity index is 1.80. The minimum atomic E-state index is -0.954. The Morgan fingerprint density at radius 3 is 2.73 bits per heavy atom. The van der Waals surface area contributed by atoms with Gasteiger partial charge in [0.25, 0.3) is 0 Å². The number of halogens is 2. The molecule has 0 amide bonds. The minimum Gasteiger partial charge on any atom is -0.492 e. The van der Waals surface area contributed by atoms with Crippen molar-refractivity contribution in [1.29, 1.82) is 0 Å². The van der Waals surface area contributed by atoms with Gasteiger partial charge in [-0.1, -0.05) is 6.07 Å². The molecule has 0 fully saturated rings. The van der Waals surface area contributed by atoms with Crippen molar-refractivity contribution < 1.29 is 18.6 Å². The van der Waals surface area contributed by atoms with Crippen LogP contribution >= 0.6 is 11.3 Å². The smallest absolute Gasteiger partial charge is 0.162 e. The van der Waals surface area contributed by atoms with Gasteiger partial charge in [0.2, 0.25) is 0 Å². The van der Waals surface area contributed by atoms with E-state index in [1.54, 1.807) is 6.92 Å². The predicted octanol–water partition coefficient (Wildman–Crippen LogP) is 3.29. The van der Waals surface area contributed by atoms with E-state index in [9.17, 15) is 13.9 Å². The SMILES string of the molecule is CC(COc1ccc(F)c(F)c1)NCC(C)(O)c1cccs1. The van der Waals surface area contributed by atoms with Gasteiger partial charge in [-0.05, 0) is 37.4 Å². The fourth-order valence-electron chi connectivity index (χ4n) is 1.89. The molecule has 2 aromatic rings. The molecular weight excluding hydrogens is 308 g/mol. The molecule has 2 rings (SSSR count). The van der Waals surface area contributed by atoms with E-state index in [4.69, 9.17) is 4.74 Å². The summed E-state index contributed by atoms with van der Waals surface area (Å²) in [5.74, 6) is -1.55. The first-order valence-electron chi connectivity index (χ1n) is 6.96. The zero-order valence-electron chi connectivity index (χ0n) is 12.5. The van der Waals surface area contributed by atoms with E-state index in [0.717, 1.165) is 17.0 Å². The van der Waals surface area contributed by atoms with Crippen LogP contribution in [0.3, 0.4) is 0 Å². The molecule has 0 bridgehead atoms. The summed E-state index contributed by atoms with van der Waals surface area (Å²) < 4.78 is 31.3. The lowest BCUT2D eigenvalue weighted by Crippen LogP contribution is -2.41. The molecule has 1 aromatic carbocycles. The summed E-state index contributed by atoms with van der Waals surface area (Å²) in [5, 5.41) is 15.5. The number of hydrogen-bond donors (Lipinski definition) is 2. The average Bonchev–Trinajstić information content (AvgIpc) is 3.01. The predicted molar refractivity (Wildman–Crippen MR) is 83.2 cm³/mol. The molecule has 0 aliphatic rings. The molecule has 0 spiro atoms. The molecule has 2 atom stereocenters. The molecule has 2 unspecified atom stereocenters. The fourth-order valence-corrected chi connectivity index (χ4v) is 2.68. The number of hydrogen-bond acceptors (Lipinski definition) is 4. The van der Waals surface area contributed by atoms with Crippen LogP contribution in [0.5, 0.6) is 5.75 Å². The maximum absolute atomic E-state index is 13.1. The Morgan fingerprint density at radius 2 is 2.09 bits per heavy atom. The Morgan fingerprint density at radius 1 is 1.32 bits per heavy atom. The van der Waals surface area contributed by atoms with Crippen LogP contribution in [0.25, 0.3) is 0 Å². The number of rotatable bonds is 7. The topological polar surface area (TPSA) is 41.5 Å². The summed E-state index contributed by atoms with van der Waals surface area (Å²) >= 11 is 1.50. The minimum absolute atomic E-state index is 0.0560. The van der Waals surface area contributed by atoms with Crippen molar-refractivity contribution in [2.45, 2.75) is 25.5 Å². The van der Waals surface area contributed by atoms with Crippen LogP contribution in [-0.2, 0) is 5.60 Å². The van der Waals surface area contributed by atoms with Gasteiger partial charge in [-0.25, -0.2) is 8.78 Å². The number of aliphatic hydroxyl groups is 1. The van der Waals surface area contributed by atoms with Gasteiger partial charge in [-0.3, -0.25) is 0 Å². The Labute approximate surface area is 132 Å². The van der Waals surface area contributed by atoms with Crippen molar-refractivity contribution in [1.82, 2.24) is 5.32 Å². The molecule has 120 valence electrons. The van der Waals surface area contributed by atoms with E-state index in [0.29, 0.717) is 6.54 Å². The van der Waals surface area contributed by atoms with Gasteiger partial charge in [-0.2, -0.15) is 0 Å². The highest BCUT2D eigenvalue weighted by molar-refractivity contribution is 7.10. The van der Waals surface area contributed by atoms with Crippen molar-refractivity contribution >= 4 is 11.3 Å². The monoisotopic (exact) mass is 327 g/mol. The Hall–Kier alpha value is -1.50. The van der Waals surface area contributed by atoms with Crippen molar-refractivity contribution in [2.24, 2.45) is 0 Å². The maximum Gasteiger partial charge on any atom is 0.162 e. The zero-order valence-corrected chi connectivity index (χ0v) is 13.3. The lowest BCUT2D eigenvalue weighted by atomic mass is 10.0. The molecule has 0 saturated heterocycles. The third kappa shape index (κ3) is 4.50. The second-order valence-electron chi connectivity index (χ2n) is 5.42. The first kappa shape index (κ1) is 16.9. The highest BCUT2D eigenvalue weighted by Crippen LogP contribution is 2.24. The van der Waals surface area contributed by atoms with Crippen molar-refractivity contribution in [2.75, 3.05) is 13.2 Å². The molecule has 2 N–H and O–H groups in total. The van der Waals surface area contributed by atoms with Crippen molar-refractivity contribution in [3.05, 3.63) is 52.2 Å². The molecule has 0 aliphatic carbocycles. The van der Waals surface area contributed by atoms with Crippen LogP contribution in [-0.4, -0.2) is 24.3 Å². The summed E-state index contributed by atoms with van der Waals surface area (Å²) in [6, 6.07) is 7.15. The van der Waals surface area contributed by atoms with Gasteiger partial charge in [0.15, 0.2) is 11.6 Å². The van der Waals surface area contributed by atoms with Crippen LogP contribution in [0.1, 0.15) is 18.7 Å². The van der Waals surface area contributed by atoms with E-state index >= 15 is 0 Å². The zero-order chi connectivity index (χ0) is 16.2. The summed E-state index contributed by atoms with van der Waals surface area (Å²) in [5.41, 5.74) is -0.954. The third-order valence-corrected chi connectivity index (χ3v) is 4.36. The fraction of sp³-hybridized carbons (Fsp3) is 0.375. The van der Waals surface area contributed by atoms with Gasteiger partial charge < -0.3 is 15.2 Å². The van der Waals surface area contributed by atoms with Crippen LogP contribution in [0.15, 0.2) is 35.7 Å². The molecule has 22 heavy (non-hydrogen) atoms. The van der Waals surface area contributed by atoms with Crippen molar-refractivity contribution in [3.8, 4) is 5.75 Å². The Kier molecular flexibility index (Phi) is 5.50. The second kappa shape index (κ2) is 7.17. The summed E-state index contributed by atoms with van der Waals surface area (Å²) in [7, 11) is 0. The second-order valence-corrected chi connectivity index (χ2v) is 6.37. The van der Waals surface area contributed by atoms with Gasteiger partial charge >= 0.3 is 0 Å². The normalized spacial score (nSPS) is 15.3. The van der Waals surface area contributed by atoms with Gasteiger partial charge in [0.05, 0.1) is 0 Å². The van der Waals surface area contributed by atoms with E-state index in [1.165, 1.54) is 17.4 Å². The lowest BCUT2D eigenvalue weighted by molar-refractivity contribution is 0.0561. The van der Waals surface area contributed by atoms with Crippen LogP contribution in [0, 0.1) is 11.6 Å². The summed E-state index contributed by atoms with van der Waals surface area (Å²) in [4.78, 5) is 0.883. The van der Waals surface area contributed by atoms with Crippen LogP contribution in [0.4, 0.5) is 8.78 Å². The molecule has 3 nitrogen and oxygen atoms in total. The van der Waals surface area contributed by atoms with Crippen molar-refractivity contribution in [3.63, 3.8) is 0 Å². The van der Waals surface area contributed by atoms with E-state index < -0.39 is 17.2 Å². The molecule has 1 heterocycles. The molecule has 0 radical (unpaired) electrons. The van der Waals surface area contributed by atoms with Crippen LogP contribution in [0.2, 0.25) is 0 Å². The number of nitrogens with one attached hydrogen (secondary N) is 1. The molecule has 1 aromatic heterocycles. The number of benzene rings is 1. The standard InChI is InChI=1S/C16H19F2NO2S/c1-11(9-21-12-5-6-13(17)14(18)8-12)19-10-16(2,20)15-4-3-7-22-15/h3-8,11,19-20H,9-10H2,1-2H3. The van der Waals surface area contributed by atoms with Crippen LogP contribution < -0.4 is 10.1 Å². The first-order chi connectivity index (χ1) is 10.4. The Bertz CT molecular complexity index is 602. The molecule has 0 aliphatic heterocycles. The summed E-state index contributed by atoms with van der Waals surface area (Å²) in [6.07, 6.45) is 0. The van der Waals surface area contributed by atoms with Gasteiger partial charge in [0.1, 0.15) is 18.0 Å². The van der Waals surface area contributed by atoms with Gasteiger partial charge in [0, 0.05) is 23.5 Å². The third-order valence-electron chi connectivity index (χ3n) is 3.24. The molecular formula is C16H19F2NO2S. The molecule has 0 saturated carbocycles. The number of ether oxygens (including phenoxy) is 1. The van der Waals surface area contributed by atoms with E-state index in [1.807, 2.05) is 24.4 Å². The lowest BCUT2D eigenvalue weighted by Gasteiger charge is -2.25. The molecule has 6 heteroatoms. The first-order valence-corrected chi connectivity index (χ1v) is 7.84. The maximum atomic E-state index is 13.1. The number of thiophene rings is 1. The van der Waals surface area contributed by atoms with Gasteiger partial charge in [-0.15, -0.1) is 11.3 Å². The quantitative estimate of drug-likeness (QED) is 0.820. The highest BCUT2D eigenvalue weighted by atomic mass is 32.1. The van der Waals surface area contributed by atoms with E-state index in [2.05, 4.69) is 5.32 Å².